The third-order valence-corrected chi connectivity index (χ3v) is 6.41. The van der Waals surface area contributed by atoms with Gasteiger partial charge in [0.15, 0.2) is 5.16 Å². The Morgan fingerprint density at radius 2 is 1.93 bits per heavy atom. The summed E-state index contributed by atoms with van der Waals surface area (Å²) < 4.78 is 1.63. The Morgan fingerprint density at radius 1 is 1.17 bits per heavy atom. The van der Waals surface area contributed by atoms with Gasteiger partial charge in [0, 0.05) is 28.8 Å². The van der Waals surface area contributed by atoms with Gasteiger partial charge in [-0.05, 0) is 24.3 Å². The van der Waals surface area contributed by atoms with Crippen LogP contribution in [0.15, 0.2) is 76.5 Å². The van der Waals surface area contributed by atoms with Crippen LogP contribution in [0.5, 0.6) is 0 Å². The van der Waals surface area contributed by atoms with Crippen molar-refractivity contribution in [1.29, 1.82) is 0 Å². The fraction of sp³-hybridized carbons (Fsp3) is 0.0909. The van der Waals surface area contributed by atoms with E-state index in [9.17, 15) is 9.59 Å². The van der Waals surface area contributed by atoms with E-state index < -0.39 is 5.91 Å². The molecular formula is C22H18N4O2S2. The maximum absolute atomic E-state index is 12.8. The van der Waals surface area contributed by atoms with Crippen LogP contribution in [0.25, 0.3) is 21.5 Å². The molecule has 0 aliphatic rings. The summed E-state index contributed by atoms with van der Waals surface area (Å²) in [6.45, 7) is 4.15. The molecule has 0 aliphatic heterocycles. The monoisotopic (exact) mass is 434 g/mol. The van der Waals surface area contributed by atoms with Gasteiger partial charge in [-0.15, -0.1) is 17.9 Å². The van der Waals surface area contributed by atoms with Gasteiger partial charge >= 0.3 is 0 Å². The van der Waals surface area contributed by atoms with Crippen LogP contribution in [-0.4, -0.2) is 20.4 Å². The van der Waals surface area contributed by atoms with Gasteiger partial charge in [-0.1, -0.05) is 42.1 Å². The van der Waals surface area contributed by atoms with E-state index in [4.69, 9.17) is 5.73 Å². The van der Waals surface area contributed by atoms with Gasteiger partial charge in [0.25, 0.3) is 5.56 Å². The number of carbonyl (C=O) groups excluding carboxylic acids is 1. The number of nitrogens with zero attached hydrogens (tertiary/aromatic N) is 3. The molecule has 2 heterocycles. The highest BCUT2D eigenvalue weighted by Crippen LogP contribution is 2.28. The van der Waals surface area contributed by atoms with E-state index in [1.54, 1.807) is 28.8 Å². The van der Waals surface area contributed by atoms with Gasteiger partial charge in [0.1, 0.15) is 5.01 Å². The van der Waals surface area contributed by atoms with Crippen molar-refractivity contribution in [3.05, 3.63) is 88.2 Å². The first kappa shape index (κ1) is 20.1. The van der Waals surface area contributed by atoms with Crippen LogP contribution in [0.1, 0.15) is 16.1 Å². The van der Waals surface area contributed by atoms with Gasteiger partial charge in [0.2, 0.25) is 5.91 Å². The van der Waals surface area contributed by atoms with E-state index in [-0.39, 0.29) is 5.56 Å². The Balaban J connectivity index is 1.57. The first-order valence-electron chi connectivity index (χ1n) is 9.14. The Labute approximate surface area is 181 Å². The molecule has 0 unspecified atom stereocenters. The van der Waals surface area contributed by atoms with Crippen molar-refractivity contribution in [3.8, 4) is 10.6 Å². The van der Waals surface area contributed by atoms with Gasteiger partial charge in [-0.3, -0.25) is 14.2 Å². The molecule has 0 spiro atoms. The summed E-state index contributed by atoms with van der Waals surface area (Å²) in [5.74, 6) is 0.129. The first-order chi connectivity index (χ1) is 14.6. The van der Waals surface area contributed by atoms with Crippen LogP contribution in [-0.2, 0) is 12.3 Å². The van der Waals surface area contributed by atoms with Crippen LogP contribution in [0, 0.1) is 0 Å². The number of thioether (sulfide) groups is 1. The van der Waals surface area contributed by atoms with Crippen LogP contribution in [0.2, 0.25) is 0 Å². The maximum atomic E-state index is 12.8. The molecule has 6 nitrogen and oxygen atoms in total. The lowest BCUT2D eigenvalue weighted by atomic mass is 10.1. The number of benzene rings is 2. The number of nitrogens with two attached hydrogens (primary N) is 1. The quantitative estimate of drug-likeness (QED) is 0.269. The molecule has 0 saturated carbocycles. The summed E-state index contributed by atoms with van der Waals surface area (Å²) in [6.07, 6.45) is 1.69. The number of primary amides is 1. The van der Waals surface area contributed by atoms with Crippen molar-refractivity contribution < 1.29 is 4.79 Å². The van der Waals surface area contributed by atoms with Crippen LogP contribution < -0.4 is 11.3 Å². The number of fused-ring (bicyclic) bond motifs is 1. The molecule has 0 saturated heterocycles. The molecular weight excluding hydrogens is 416 g/mol. The van der Waals surface area contributed by atoms with E-state index in [0.717, 1.165) is 16.3 Å². The van der Waals surface area contributed by atoms with Crippen molar-refractivity contribution in [2.24, 2.45) is 5.73 Å². The third kappa shape index (κ3) is 4.05. The zero-order valence-electron chi connectivity index (χ0n) is 15.9. The van der Waals surface area contributed by atoms with E-state index in [1.807, 2.05) is 35.7 Å². The average molecular weight is 435 g/mol. The number of amides is 1. The topological polar surface area (TPSA) is 90.9 Å². The maximum Gasteiger partial charge on any atom is 0.262 e. The minimum Gasteiger partial charge on any atom is -0.366 e. The largest absolute Gasteiger partial charge is 0.366 e. The second-order valence-corrected chi connectivity index (χ2v) is 8.29. The van der Waals surface area contributed by atoms with Gasteiger partial charge in [-0.25, -0.2) is 9.97 Å². The fourth-order valence-corrected chi connectivity index (χ4v) is 4.80. The molecule has 150 valence electrons. The lowest BCUT2D eigenvalue weighted by Crippen LogP contribution is -2.22. The number of thiazole rings is 1. The molecule has 0 aliphatic carbocycles. The molecule has 0 bridgehead atoms. The molecule has 2 aromatic heterocycles. The highest BCUT2D eigenvalue weighted by Gasteiger charge is 2.12. The summed E-state index contributed by atoms with van der Waals surface area (Å²) >= 11 is 3.00. The van der Waals surface area contributed by atoms with E-state index >= 15 is 0 Å². The van der Waals surface area contributed by atoms with Crippen molar-refractivity contribution in [1.82, 2.24) is 14.5 Å². The fourth-order valence-electron chi connectivity index (χ4n) is 2.97. The number of hydrogen-bond acceptors (Lipinski definition) is 6. The van der Waals surface area contributed by atoms with Crippen LogP contribution in [0.3, 0.4) is 0 Å². The highest BCUT2D eigenvalue weighted by molar-refractivity contribution is 7.98. The van der Waals surface area contributed by atoms with Crippen molar-refractivity contribution in [2.45, 2.75) is 17.5 Å². The number of allylic oxidation sites excluding steroid dienone is 1. The Kier molecular flexibility index (Phi) is 5.78. The predicted octanol–water partition coefficient (Wildman–Crippen LogP) is 4.10. The van der Waals surface area contributed by atoms with Gasteiger partial charge < -0.3 is 5.73 Å². The molecule has 0 fully saturated rings. The zero-order chi connectivity index (χ0) is 21.1. The van der Waals surface area contributed by atoms with Crippen molar-refractivity contribution in [3.63, 3.8) is 0 Å². The molecule has 4 rings (SSSR count). The third-order valence-electron chi connectivity index (χ3n) is 4.46. The molecule has 30 heavy (non-hydrogen) atoms. The summed E-state index contributed by atoms with van der Waals surface area (Å²) in [4.78, 5) is 33.4. The zero-order valence-corrected chi connectivity index (χ0v) is 17.6. The minimum absolute atomic E-state index is 0.0727. The molecule has 4 aromatic rings. The molecule has 0 atom stereocenters. The van der Waals surface area contributed by atoms with Crippen LogP contribution in [0.4, 0.5) is 0 Å². The average Bonchev–Trinajstić information content (AvgIpc) is 3.24. The summed E-state index contributed by atoms with van der Waals surface area (Å²) in [5, 5.41) is 4.08. The second kappa shape index (κ2) is 8.64. The second-order valence-electron chi connectivity index (χ2n) is 6.49. The number of hydrogen-bond donors (Lipinski definition) is 1. The normalized spacial score (nSPS) is 10.9. The van der Waals surface area contributed by atoms with Crippen molar-refractivity contribution >= 4 is 39.9 Å². The number of aromatic nitrogens is 3. The molecule has 2 aromatic carbocycles. The minimum atomic E-state index is -0.453. The number of rotatable bonds is 7. The van der Waals surface area contributed by atoms with Gasteiger partial charge in [-0.2, -0.15) is 0 Å². The standard InChI is InChI=1S/C22H18N4O2S2/c1-2-11-26-21(28)17-5-3-4-6-18(17)25-22(26)30-13-16-12-29-20(24-16)15-9-7-14(8-10-15)19(23)27/h2-10,12H,1,11,13H2,(H2,23,27). The molecule has 8 heteroatoms. The number of para-hydroxylation sites is 1. The summed E-state index contributed by atoms with van der Waals surface area (Å²) in [5.41, 5.74) is 8.18. The van der Waals surface area contributed by atoms with Gasteiger partial charge in [0.05, 0.1) is 16.6 Å². The van der Waals surface area contributed by atoms with E-state index in [1.165, 1.54) is 23.1 Å². The Bertz CT molecular complexity index is 1290. The molecule has 2 N–H and O–H groups in total. The first-order valence-corrected chi connectivity index (χ1v) is 11.0. The van der Waals surface area contributed by atoms with E-state index in [0.29, 0.717) is 33.9 Å². The Morgan fingerprint density at radius 3 is 2.67 bits per heavy atom. The highest BCUT2D eigenvalue weighted by atomic mass is 32.2. The summed E-state index contributed by atoms with van der Waals surface area (Å²) in [7, 11) is 0. The number of carbonyl (C=O) groups is 1. The smallest absolute Gasteiger partial charge is 0.262 e. The lowest BCUT2D eigenvalue weighted by molar-refractivity contribution is 0.100. The van der Waals surface area contributed by atoms with Crippen LogP contribution >= 0.6 is 23.1 Å². The lowest BCUT2D eigenvalue weighted by Gasteiger charge is -2.10. The predicted molar refractivity (Wildman–Crippen MR) is 122 cm³/mol. The SMILES string of the molecule is C=CCn1c(SCc2csc(-c3ccc(C(N)=O)cc3)n2)nc2ccccc2c1=O. The molecule has 1 amide bonds. The Hall–Kier alpha value is -3.23. The van der Waals surface area contributed by atoms with Crippen molar-refractivity contribution in [2.75, 3.05) is 0 Å². The summed E-state index contributed by atoms with van der Waals surface area (Å²) in [6, 6.07) is 14.4. The van der Waals surface area contributed by atoms with E-state index in [2.05, 4.69) is 16.5 Å². The molecule has 0 radical (unpaired) electrons.